The molecule has 0 aliphatic heterocycles. The minimum Gasteiger partial charge on any atom is -0.548 e. The summed E-state index contributed by atoms with van der Waals surface area (Å²) in [5.41, 5.74) is 0.885. The van der Waals surface area contributed by atoms with Gasteiger partial charge >= 0.3 is 0 Å². The number of carboxylic acids is 1. The second kappa shape index (κ2) is 4.40. The number of carbonyl (C=O) groups is 1. The van der Waals surface area contributed by atoms with E-state index in [4.69, 9.17) is 0 Å². The van der Waals surface area contributed by atoms with Crippen LogP contribution in [-0.4, -0.2) is 18.2 Å². The van der Waals surface area contributed by atoms with Gasteiger partial charge in [0.2, 0.25) is 0 Å². The molecular weight excluding hydrogens is 166 g/mol. The summed E-state index contributed by atoms with van der Waals surface area (Å²) in [4.78, 5) is 14.1. The van der Waals surface area contributed by atoms with Crippen LogP contribution in [0.25, 0.3) is 0 Å². The molecule has 3 heteroatoms. The molecule has 1 aromatic rings. The van der Waals surface area contributed by atoms with Crippen molar-refractivity contribution in [2.45, 2.75) is 13.0 Å². The molecule has 1 aromatic carbocycles. The van der Waals surface area contributed by atoms with Crippen molar-refractivity contribution < 1.29 is 9.90 Å². The zero-order valence-corrected chi connectivity index (χ0v) is 7.31. The van der Waals surface area contributed by atoms with Gasteiger partial charge < -0.3 is 9.90 Å². The van der Waals surface area contributed by atoms with Crippen molar-refractivity contribution >= 4 is 12.2 Å². The maximum atomic E-state index is 10.3. The Labute approximate surface area is 76.7 Å². The van der Waals surface area contributed by atoms with Crippen molar-refractivity contribution in [2.75, 3.05) is 0 Å². The summed E-state index contributed by atoms with van der Waals surface area (Å²) in [6, 6.07) is 8.53. The van der Waals surface area contributed by atoms with Gasteiger partial charge in [-0.1, -0.05) is 30.3 Å². The lowest BCUT2D eigenvalue weighted by Crippen LogP contribution is -2.32. The van der Waals surface area contributed by atoms with Gasteiger partial charge in [0.05, 0.1) is 12.0 Å². The molecule has 1 unspecified atom stereocenters. The number of carboxylic acid groups (broad SMARTS) is 1. The van der Waals surface area contributed by atoms with E-state index in [1.165, 1.54) is 13.1 Å². The van der Waals surface area contributed by atoms with Crippen LogP contribution in [0.5, 0.6) is 0 Å². The number of carbonyl (C=O) groups excluding carboxylic acids is 1. The Morgan fingerprint density at radius 2 is 2.08 bits per heavy atom. The molecule has 0 aliphatic carbocycles. The Bertz CT molecular complexity index is 306. The largest absolute Gasteiger partial charge is 0.548 e. The van der Waals surface area contributed by atoms with E-state index in [-0.39, 0.29) is 0 Å². The average molecular weight is 176 g/mol. The molecule has 0 aromatic heterocycles. The van der Waals surface area contributed by atoms with Gasteiger partial charge in [-0.15, -0.1) is 0 Å². The highest BCUT2D eigenvalue weighted by atomic mass is 16.4. The van der Waals surface area contributed by atoms with Gasteiger partial charge in [0.1, 0.15) is 0 Å². The first-order valence-electron chi connectivity index (χ1n) is 3.99. The number of aliphatic imine (C=N–C) groups is 1. The number of hydrogen-bond donors (Lipinski definition) is 0. The molecule has 0 radical (unpaired) electrons. The highest BCUT2D eigenvalue weighted by Crippen LogP contribution is 1.95. The van der Waals surface area contributed by atoms with Crippen molar-refractivity contribution in [1.29, 1.82) is 0 Å². The smallest absolute Gasteiger partial charge is 0.0865 e. The maximum absolute atomic E-state index is 10.3. The fraction of sp³-hybridized carbons (Fsp3) is 0.200. The summed E-state index contributed by atoms with van der Waals surface area (Å²) in [5.74, 6) is -1.16. The zero-order valence-electron chi connectivity index (χ0n) is 7.31. The predicted molar refractivity (Wildman–Crippen MR) is 48.5 cm³/mol. The van der Waals surface area contributed by atoms with Crippen molar-refractivity contribution in [3.05, 3.63) is 35.9 Å². The first kappa shape index (κ1) is 9.45. The summed E-state index contributed by atoms with van der Waals surface area (Å²) in [6.07, 6.45) is 1.53. The van der Waals surface area contributed by atoms with Gasteiger partial charge in [-0.2, -0.15) is 0 Å². The normalized spacial score (nSPS) is 13.0. The maximum Gasteiger partial charge on any atom is 0.0865 e. The number of hydrogen-bond acceptors (Lipinski definition) is 3. The van der Waals surface area contributed by atoms with Crippen molar-refractivity contribution in [1.82, 2.24) is 0 Å². The second-order valence-electron chi connectivity index (χ2n) is 2.68. The highest BCUT2D eigenvalue weighted by Gasteiger charge is 1.95. The summed E-state index contributed by atoms with van der Waals surface area (Å²) >= 11 is 0. The molecule has 68 valence electrons. The van der Waals surface area contributed by atoms with Crippen molar-refractivity contribution in [3.63, 3.8) is 0 Å². The van der Waals surface area contributed by atoms with Crippen LogP contribution in [0.15, 0.2) is 35.3 Å². The van der Waals surface area contributed by atoms with E-state index in [9.17, 15) is 9.90 Å². The molecule has 1 rings (SSSR count). The van der Waals surface area contributed by atoms with Crippen LogP contribution in [0.2, 0.25) is 0 Å². The minimum absolute atomic E-state index is 0.791. The molecule has 0 fully saturated rings. The third-order valence-corrected chi connectivity index (χ3v) is 1.59. The topological polar surface area (TPSA) is 52.5 Å². The molecular formula is C10H10NO2-. The molecule has 0 saturated carbocycles. The van der Waals surface area contributed by atoms with Gasteiger partial charge in [0.25, 0.3) is 0 Å². The summed E-state index contributed by atoms with van der Waals surface area (Å²) < 4.78 is 0. The van der Waals surface area contributed by atoms with Gasteiger partial charge in [0.15, 0.2) is 0 Å². The van der Waals surface area contributed by atoms with E-state index in [2.05, 4.69) is 4.99 Å². The van der Waals surface area contributed by atoms with Crippen LogP contribution < -0.4 is 5.11 Å². The number of benzene rings is 1. The first-order valence-corrected chi connectivity index (χ1v) is 3.99. The number of rotatable bonds is 3. The standard InChI is InChI=1S/C10H11NO2/c1-8(10(12)13)11-7-9-5-3-2-4-6-9/h2-8H,1H3,(H,12,13)/p-1. The van der Waals surface area contributed by atoms with Crippen LogP contribution in [-0.2, 0) is 4.79 Å². The van der Waals surface area contributed by atoms with Gasteiger partial charge in [-0.25, -0.2) is 0 Å². The van der Waals surface area contributed by atoms with E-state index in [0.29, 0.717) is 0 Å². The Hall–Kier alpha value is -1.64. The van der Waals surface area contributed by atoms with Crippen LogP contribution in [0.1, 0.15) is 12.5 Å². The van der Waals surface area contributed by atoms with E-state index >= 15 is 0 Å². The Morgan fingerprint density at radius 1 is 1.46 bits per heavy atom. The summed E-state index contributed by atoms with van der Waals surface area (Å²) in [5, 5.41) is 10.3. The minimum atomic E-state index is -1.16. The van der Waals surface area contributed by atoms with E-state index in [0.717, 1.165) is 5.56 Å². The molecule has 13 heavy (non-hydrogen) atoms. The summed E-state index contributed by atoms with van der Waals surface area (Å²) in [7, 11) is 0. The van der Waals surface area contributed by atoms with E-state index in [1.54, 1.807) is 0 Å². The molecule has 0 amide bonds. The van der Waals surface area contributed by atoms with E-state index in [1.807, 2.05) is 30.3 Å². The molecule has 0 spiro atoms. The van der Waals surface area contributed by atoms with Crippen LogP contribution in [0.3, 0.4) is 0 Å². The molecule has 0 N–H and O–H groups in total. The van der Waals surface area contributed by atoms with Crippen molar-refractivity contribution in [3.8, 4) is 0 Å². The lowest BCUT2D eigenvalue weighted by Gasteiger charge is -2.05. The van der Waals surface area contributed by atoms with Gasteiger partial charge in [-0.05, 0) is 12.5 Å². The molecule has 3 nitrogen and oxygen atoms in total. The Balaban J connectivity index is 2.64. The second-order valence-corrected chi connectivity index (χ2v) is 2.68. The third kappa shape index (κ3) is 3.07. The average Bonchev–Trinajstić information content (AvgIpc) is 2.15. The molecule has 0 saturated heterocycles. The lowest BCUT2D eigenvalue weighted by molar-refractivity contribution is -0.306. The predicted octanol–water partition coefficient (Wildman–Crippen LogP) is 0.244. The monoisotopic (exact) mass is 176 g/mol. The van der Waals surface area contributed by atoms with Crippen LogP contribution in [0.4, 0.5) is 0 Å². The number of nitrogens with zero attached hydrogens (tertiary/aromatic N) is 1. The van der Waals surface area contributed by atoms with Crippen LogP contribution in [0, 0.1) is 0 Å². The quantitative estimate of drug-likeness (QED) is 0.619. The fourth-order valence-electron chi connectivity index (χ4n) is 0.798. The molecule has 0 aliphatic rings. The van der Waals surface area contributed by atoms with Crippen LogP contribution >= 0.6 is 0 Å². The lowest BCUT2D eigenvalue weighted by atomic mass is 10.2. The number of aliphatic carboxylic acids is 1. The summed E-state index contributed by atoms with van der Waals surface area (Å²) in [6.45, 7) is 1.48. The Morgan fingerprint density at radius 3 is 2.62 bits per heavy atom. The van der Waals surface area contributed by atoms with E-state index < -0.39 is 12.0 Å². The Kier molecular flexibility index (Phi) is 3.20. The van der Waals surface area contributed by atoms with Gasteiger partial charge in [-0.3, -0.25) is 4.99 Å². The molecule has 0 heterocycles. The molecule has 0 bridgehead atoms. The first-order chi connectivity index (χ1) is 6.20. The van der Waals surface area contributed by atoms with Crippen molar-refractivity contribution in [2.24, 2.45) is 4.99 Å². The van der Waals surface area contributed by atoms with Gasteiger partial charge in [0, 0.05) is 6.21 Å². The fourth-order valence-corrected chi connectivity index (χ4v) is 0.798. The third-order valence-electron chi connectivity index (χ3n) is 1.59. The highest BCUT2D eigenvalue weighted by molar-refractivity contribution is 5.82. The SMILES string of the molecule is CC(N=Cc1ccccc1)C(=O)[O-]. The molecule has 1 atom stereocenters. The zero-order chi connectivity index (χ0) is 9.68.